The van der Waals surface area contributed by atoms with E-state index in [1.165, 1.54) is 0 Å². The molecule has 1 aromatic carbocycles. The summed E-state index contributed by atoms with van der Waals surface area (Å²) >= 11 is 0. The van der Waals surface area contributed by atoms with Crippen LogP contribution in [0, 0.1) is 0 Å². The van der Waals surface area contributed by atoms with Crippen LogP contribution in [0.4, 0.5) is 0 Å². The number of ether oxygens (including phenoxy) is 1. The summed E-state index contributed by atoms with van der Waals surface area (Å²) < 4.78 is 5.36. The zero-order chi connectivity index (χ0) is 12.3. The summed E-state index contributed by atoms with van der Waals surface area (Å²) in [5.41, 5.74) is 0.783. The van der Waals surface area contributed by atoms with E-state index in [1.54, 1.807) is 25.1 Å². The third kappa shape index (κ3) is 3.75. The van der Waals surface area contributed by atoms with Gasteiger partial charge in [-0.15, -0.1) is 0 Å². The van der Waals surface area contributed by atoms with Gasteiger partial charge < -0.3 is 15.2 Å². The van der Waals surface area contributed by atoms with Crippen molar-refractivity contribution in [2.24, 2.45) is 0 Å². The maximum atomic E-state index is 11.4. The van der Waals surface area contributed by atoms with Gasteiger partial charge in [0.25, 0.3) is 5.91 Å². The van der Waals surface area contributed by atoms with Crippen LogP contribution in [0.3, 0.4) is 0 Å². The fraction of sp³-hybridized carbons (Fsp3) is 0.462. The maximum Gasteiger partial charge on any atom is 0.258 e. The van der Waals surface area contributed by atoms with Crippen molar-refractivity contribution >= 4 is 5.91 Å². The second-order valence-corrected chi connectivity index (χ2v) is 4.38. The number of carbonyl (C=O) groups is 1. The Balaban J connectivity index is 1.84. The molecule has 2 rings (SSSR count). The van der Waals surface area contributed by atoms with Gasteiger partial charge in [0.2, 0.25) is 0 Å². The van der Waals surface area contributed by atoms with Crippen LogP contribution in [0.5, 0.6) is 5.75 Å². The van der Waals surface area contributed by atoms with E-state index < -0.39 is 6.10 Å². The number of rotatable bonds is 5. The number of hydrogen-bond donors (Lipinski definition) is 2. The second-order valence-electron chi connectivity index (χ2n) is 4.38. The Morgan fingerprint density at radius 3 is 3.00 bits per heavy atom. The van der Waals surface area contributed by atoms with Gasteiger partial charge in [0.05, 0.1) is 6.10 Å². The lowest BCUT2D eigenvalue weighted by Crippen LogP contribution is -2.30. The number of carbonyl (C=O) groups excluding carboxylic acids is 1. The van der Waals surface area contributed by atoms with Crippen molar-refractivity contribution in [3.63, 3.8) is 0 Å². The molecule has 1 atom stereocenters. The molecule has 1 aliphatic rings. The predicted octanol–water partition coefficient (Wildman–Crippen LogP) is 1.40. The van der Waals surface area contributed by atoms with E-state index >= 15 is 0 Å². The second kappa shape index (κ2) is 5.19. The van der Waals surface area contributed by atoms with Crippen LogP contribution < -0.4 is 10.1 Å². The molecule has 0 saturated heterocycles. The first-order chi connectivity index (χ1) is 8.15. The molecule has 0 radical (unpaired) electrons. The van der Waals surface area contributed by atoms with E-state index in [0.29, 0.717) is 11.8 Å². The lowest BCUT2D eigenvalue weighted by Gasteiger charge is -2.09. The van der Waals surface area contributed by atoms with Gasteiger partial charge in [-0.25, -0.2) is 0 Å². The highest BCUT2D eigenvalue weighted by Gasteiger charge is 2.23. The van der Waals surface area contributed by atoms with Crippen LogP contribution in [0.1, 0.15) is 31.4 Å². The Kier molecular flexibility index (Phi) is 3.64. The van der Waals surface area contributed by atoms with Crippen molar-refractivity contribution in [1.82, 2.24) is 5.32 Å². The van der Waals surface area contributed by atoms with Crippen molar-refractivity contribution in [3.05, 3.63) is 29.8 Å². The molecule has 17 heavy (non-hydrogen) atoms. The molecule has 1 unspecified atom stereocenters. The molecule has 0 bridgehead atoms. The number of aliphatic hydroxyl groups excluding tert-OH is 1. The van der Waals surface area contributed by atoms with E-state index in [2.05, 4.69) is 5.32 Å². The predicted molar refractivity (Wildman–Crippen MR) is 63.7 cm³/mol. The highest BCUT2D eigenvalue weighted by molar-refractivity contribution is 5.78. The zero-order valence-electron chi connectivity index (χ0n) is 9.85. The van der Waals surface area contributed by atoms with E-state index in [9.17, 15) is 9.90 Å². The summed E-state index contributed by atoms with van der Waals surface area (Å²) in [5, 5.41) is 12.3. The molecular weight excluding hydrogens is 218 g/mol. The van der Waals surface area contributed by atoms with Crippen LogP contribution >= 0.6 is 0 Å². The first-order valence-electron chi connectivity index (χ1n) is 5.85. The number of hydrogen-bond acceptors (Lipinski definition) is 3. The Labute approximate surface area is 101 Å². The fourth-order valence-corrected chi connectivity index (χ4v) is 1.51. The molecule has 4 nitrogen and oxygen atoms in total. The number of amides is 1. The van der Waals surface area contributed by atoms with Crippen LogP contribution in [-0.4, -0.2) is 23.7 Å². The molecular formula is C13H17NO3. The van der Waals surface area contributed by atoms with E-state index in [0.717, 1.165) is 18.4 Å². The van der Waals surface area contributed by atoms with Gasteiger partial charge in [-0.05, 0) is 37.5 Å². The summed E-state index contributed by atoms with van der Waals surface area (Å²) in [6.07, 6.45) is 1.62. The Hall–Kier alpha value is -1.55. The minimum absolute atomic E-state index is 0.0275. The zero-order valence-corrected chi connectivity index (χ0v) is 9.85. The van der Waals surface area contributed by atoms with Crippen molar-refractivity contribution in [2.75, 3.05) is 6.61 Å². The highest BCUT2D eigenvalue weighted by atomic mass is 16.5. The van der Waals surface area contributed by atoms with Gasteiger partial charge in [-0.3, -0.25) is 4.79 Å². The topological polar surface area (TPSA) is 58.6 Å². The summed E-state index contributed by atoms with van der Waals surface area (Å²) in [7, 11) is 0. The number of aliphatic hydroxyl groups is 1. The SMILES string of the molecule is CC(O)c1cccc(OCC(=O)NC2CC2)c1. The molecule has 1 amide bonds. The van der Waals surface area contributed by atoms with Crippen molar-refractivity contribution < 1.29 is 14.6 Å². The van der Waals surface area contributed by atoms with Crippen LogP contribution in [-0.2, 0) is 4.79 Å². The largest absolute Gasteiger partial charge is 0.484 e. The standard InChI is InChI=1S/C13H17NO3/c1-9(15)10-3-2-4-12(7-10)17-8-13(16)14-11-5-6-11/h2-4,7,9,11,15H,5-6,8H2,1H3,(H,14,16). The van der Waals surface area contributed by atoms with Gasteiger partial charge >= 0.3 is 0 Å². The Morgan fingerprint density at radius 2 is 2.35 bits per heavy atom. The molecule has 0 aromatic heterocycles. The van der Waals surface area contributed by atoms with Gasteiger partial charge in [-0.2, -0.15) is 0 Å². The molecule has 1 saturated carbocycles. The summed E-state index contributed by atoms with van der Waals surface area (Å²) in [6.45, 7) is 1.72. The first kappa shape index (κ1) is 11.9. The molecule has 0 heterocycles. The van der Waals surface area contributed by atoms with Gasteiger partial charge in [0.1, 0.15) is 5.75 Å². The minimum Gasteiger partial charge on any atom is -0.484 e. The molecule has 0 spiro atoms. The van der Waals surface area contributed by atoms with Gasteiger partial charge in [0, 0.05) is 6.04 Å². The number of benzene rings is 1. The molecule has 2 N–H and O–H groups in total. The van der Waals surface area contributed by atoms with E-state index in [1.807, 2.05) is 6.07 Å². The average molecular weight is 235 g/mol. The first-order valence-corrected chi connectivity index (χ1v) is 5.85. The van der Waals surface area contributed by atoms with E-state index in [4.69, 9.17) is 4.74 Å². The lowest BCUT2D eigenvalue weighted by atomic mass is 10.1. The van der Waals surface area contributed by atoms with Crippen LogP contribution in [0.25, 0.3) is 0 Å². The van der Waals surface area contributed by atoms with Gasteiger partial charge in [0.15, 0.2) is 6.61 Å². The van der Waals surface area contributed by atoms with Gasteiger partial charge in [-0.1, -0.05) is 12.1 Å². The molecule has 0 aliphatic heterocycles. The summed E-state index contributed by atoms with van der Waals surface area (Å²) in [4.78, 5) is 11.4. The van der Waals surface area contributed by atoms with Crippen LogP contribution in [0.15, 0.2) is 24.3 Å². The quantitative estimate of drug-likeness (QED) is 0.811. The Bertz CT molecular complexity index is 399. The molecule has 1 fully saturated rings. The minimum atomic E-state index is -0.529. The average Bonchev–Trinajstić information content (AvgIpc) is 3.11. The third-order valence-corrected chi connectivity index (χ3v) is 2.65. The smallest absolute Gasteiger partial charge is 0.258 e. The molecule has 4 heteroatoms. The molecule has 1 aromatic rings. The van der Waals surface area contributed by atoms with Crippen molar-refractivity contribution in [2.45, 2.75) is 31.9 Å². The van der Waals surface area contributed by atoms with Crippen molar-refractivity contribution in [3.8, 4) is 5.75 Å². The fourth-order valence-electron chi connectivity index (χ4n) is 1.51. The third-order valence-electron chi connectivity index (χ3n) is 2.65. The lowest BCUT2D eigenvalue weighted by molar-refractivity contribution is -0.123. The maximum absolute atomic E-state index is 11.4. The Morgan fingerprint density at radius 1 is 1.59 bits per heavy atom. The van der Waals surface area contributed by atoms with Crippen molar-refractivity contribution in [1.29, 1.82) is 0 Å². The molecule has 1 aliphatic carbocycles. The monoisotopic (exact) mass is 235 g/mol. The highest BCUT2D eigenvalue weighted by Crippen LogP contribution is 2.20. The molecule has 92 valence electrons. The summed E-state index contributed by atoms with van der Waals surface area (Å²) in [6, 6.07) is 7.50. The van der Waals surface area contributed by atoms with E-state index in [-0.39, 0.29) is 12.5 Å². The summed E-state index contributed by atoms with van der Waals surface area (Å²) in [5.74, 6) is 0.518. The van der Waals surface area contributed by atoms with Crippen LogP contribution in [0.2, 0.25) is 0 Å². The normalized spacial score (nSPS) is 16.4. The number of nitrogens with one attached hydrogen (secondary N) is 1.